The molecule has 1 aliphatic heterocycles. The lowest BCUT2D eigenvalue weighted by atomic mass is 9.68. The van der Waals surface area contributed by atoms with Gasteiger partial charge >= 0.3 is 6.18 Å². The Morgan fingerprint density at radius 1 is 1.17 bits per heavy atom. The lowest BCUT2D eigenvalue weighted by Gasteiger charge is -2.49. The highest BCUT2D eigenvalue weighted by atomic mass is 19.4. The lowest BCUT2D eigenvalue weighted by Crippen LogP contribution is -2.68. The quantitative estimate of drug-likeness (QED) is 0.257. The second-order valence-electron chi connectivity index (χ2n) is 11.8. The van der Waals surface area contributed by atoms with Gasteiger partial charge in [0.15, 0.2) is 6.29 Å². The van der Waals surface area contributed by atoms with Crippen molar-refractivity contribution >= 4 is 0 Å². The Bertz CT molecular complexity index is 756. The first-order valence-electron chi connectivity index (χ1n) is 14.1. The van der Waals surface area contributed by atoms with Gasteiger partial charge in [0.1, 0.15) is 0 Å². The standard InChI is InChI=1S/C27H46F3N3O3/c1-4-36-25(34)18-10-12-26(35,13-11-18)20-8-9-23-22(15-20)24(33-17(3)32-23)31-16(2)19-6-5-7-21(14-19)27(28,29)30/h8,16-19,21-25,31-35H,4-7,9-15H2,1-3H3. The molecule has 3 aliphatic carbocycles. The molecule has 9 heteroatoms. The predicted molar refractivity (Wildman–Crippen MR) is 133 cm³/mol. The van der Waals surface area contributed by atoms with Gasteiger partial charge in [0.25, 0.3) is 0 Å². The molecule has 2 saturated carbocycles. The number of rotatable bonds is 7. The molecule has 0 spiro atoms. The van der Waals surface area contributed by atoms with Crippen LogP contribution in [0.3, 0.4) is 0 Å². The van der Waals surface area contributed by atoms with Gasteiger partial charge < -0.3 is 14.9 Å². The maximum absolute atomic E-state index is 13.4. The number of hydrogen-bond donors (Lipinski definition) is 5. The first-order chi connectivity index (χ1) is 17.0. The lowest BCUT2D eigenvalue weighted by molar-refractivity contribution is -0.186. The number of ether oxygens (including phenoxy) is 1. The van der Waals surface area contributed by atoms with Gasteiger partial charge in [0.2, 0.25) is 0 Å². The number of nitrogens with one attached hydrogen (secondary N) is 3. The van der Waals surface area contributed by atoms with E-state index in [0.717, 1.165) is 37.7 Å². The summed E-state index contributed by atoms with van der Waals surface area (Å²) in [4.78, 5) is 0. The zero-order chi connectivity index (χ0) is 26.1. The van der Waals surface area contributed by atoms with Crippen LogP contribution in [0.15, 0.2) is 11.6 Å². The summed E-state index contributed by atoms with van der Waals surface area (Å²) in [7, 11) is 0. The van der Waals surface area contributed by atoms with Crippen LogP contribution in [0.25, 0.3) is 0 Å². The first kappa shape index (κ1) is 28.3. The van der Waals surface area contributed by atoms with Crippen molar-refractivity contribution in [2.75, 3.05) is 6.61 Å². The monoisotopic (exact) mass is 517 g/mol. The van der Waals surface area contributed by atoms with Crippen molar-refractivity contribution in [2.24, 2.45) is 23.7 Å². The van der Waals surface area contributed by atoms with Gasteiger partial charge in [-0.3, -0.25) is 16.0 Å². The molecule has 5 N–H and O–H groups in total. The average Bonchev–Trinajstić information content (AvgIpc) is 2.84. The molecule has 0 bridgehead atoms. The summed E-state index contributed by atoms with van der Waals surface area (Å²) in [6.07, 6.45) is 3.50. The van der Waals surface area contributed by atoms with Crippen LogP contribution < -0.4 is 16.0 Å². The van der Waals surface area contributed by atoms with Crippen molar-refractivity contribution < 1.29 is 28.1 Å². The summed E-state index contributed by atoms with van der Waals surface area (Å²) in [5.74, 6) is -0.942. The first-order valence-corrected chi connectivity index (χ1v) is 14.1. The summed E-state index contributed by atoms with van der Waals surface area (Å²) < 4.78 is 45.5. The van der Waals surface area contributed by atoms with E-state index in [0.29, 0.717) is 25.9 Å². The highest BCUT2D eigenvalue weighted by molar-refractivity contribution is 5.24. The average molecular weight is 518 g/mol. The minimum Gasteiger partial charge on any atom is -0.386 e. The molecule has 4 rings (SSSR count). The second-order valence-corrected chi connectivity index (χ2v) is 11.8. The molecule has 208 valence electrons. The molecule has 0 radical (unpaired) electrons. The Morgan fingerprint density at radius 3 is 2.56 bits per heavy atom. The molecule has 0 amide bonds. The number of fused-ring (bicyclic) bond motifs is 1. The van der Waals surface area contributed by atoms with Crippen molar-refractivity contribution in [3.63, 3.8) is 0 Å². The van der Waals surface area contributed by atoms with Gasteiger partial charge in [-0.15, -0.1) is 0 Å². The number of alkyl halides is 3. The maximum Gasteiger partial charge on any atom is 0.391 e. The summed E-state index contributed by atoms with van der Waals surface area (Å²) in [6, 6.07) is 0.232. The molecule has 8 atom stereocenters. The molecule has 8 unspecified atom stereocenters. The van der Waals surface area contributed by atoms with Gasteiger partial charge in [0, 0.05) is 30.5 Å². The third-order valence-electron chi connectivity index (χ3n) is 9.44. The van der Waals surface area contributed by atoms with E-state index in [1.807, 2.05) is 13.8 Å². The third-order valence-corrected chi connectivity index (χ3v) is 9.44. The summed E-state index contributed by atoms with van der Waals surface area (Å²) in [5.41, 5.74) is 0.205. The Hall–Kier alpha value is -0.710. The fourth-order valence-electron chi connectivity index (χ4n) is 7.21. The zero-order valence-corrected chi connectivity index (χ0v) is 22.0. The molecular weight excluding hydrogens is 471 g/mol. The topological polar surface area (TPSA) is 85.8 Å². The fourth-order valence-corrected chi connectivity index (χ4v) is 7.21. The van der Waals surface area contributed by atoms with E-state index in [-0.39, 0.29) is 55.0 Å². The largest absolute Gasteiger partial charge is 0.391 e. The van der Waals surface area contributed by atoms with Gasteiger partial charge in [-0.1, -0.05) is 12.5 Å². The zero-order valence-electron chi connectivity index (χ0n) is 22.0. The Labute approximate surface area is 213 Å². The van der Waals surface area contributed by atoms with Crippen LogP contribution in [0.1, 0.15) is 85.0 Å². The highest BCUT2D eigenvalue weighted by Crippen LogP contribution is 2.44. The fraction of sp³-hybridized carbons (Fsp3) is 0.926. The van der Waals surface area contributed by atoms with Crippen molar-refractivity contribution in [1.82, 2.24) is 16.0 Å². The van der Waals surface area contributed by atoms with Crippen molar-refractivity contribution in [3.8, 4) is 0 Å². The van der Waals surface area contributed by atoms with Gasteiger partial charge in [-0.25, -0.2) is 0 Å². The van der Waals surface area contributed by atoms with E-state index in [1.54, 1.807) is 0 Å². The van der Waals surface area contributed by atoms with Crippen LogP contribution in [-0.2, 0) is 4.74 Å². The van der Waals surface area contributed by atoms with Crippen LogP contribution in [0.5, 0.6) is 0 Å². The minimum atomic E-state index is -4.11. The van der Waals surface area contributed by atoms with Crippen LogP contribution in [-0.4, -0.2) is 59.3 Å². The Morgan fingerprint density at radius 2 is 1.89 bits per heavy atom. The molecule has 4 aliphatic rings. The van der Waals surface area contributed by atoms with E-state index in [4.69, 9.17) is 4.74 Å². The molecule has 1 saturated heterocycles. The number of aliphatic hydroxyl groups excluding tert-OH is 1. The molecule has 36 heavy (non-hydrogen) atoms. The van der Waals surface area contributed by atoms with Crippen molar-refractivity contribution in [1.29, 1.82) is 0 Å². The predicted octanol–water partition coefficient (Wildman–Crippen LogP) is 4.18. The molecular formula is C27H46F3N3O3. The summed E-state index contributed by atoms with van der Waals surface area (Å²) in [6.45, 7) is 6.45. The molecule has 6 nitrogen and oxygen atoms in total. The molecule has 1 heterocycles. The van der Waals surface area contributed by atoms with Crippen molar-refractivity contribution in [2.45, 2.75) is 127 Å². The molecule has 3 fully saturated rings. The van der Waals surface area contributed by atoms with Crippen LogP contribution >= 0.6 is 0 Å². The molecule has 0 aromatic rings. The van der Waals surface area contributed by atoms with Crippen LogP contribution in [0.2, 0.25) is 0 Å². The van der Waals surface area contributed by atoms with E-state index in [9.17, 15) is 23.4 Å². The van der Waals surface area contributed by atoms with E-state index in [2.05, 4.69) is 29.0 Å². The second kappa shape index (κ2) is 11.6. The summed E-state index contributed by atoms with van der Waals surface area (Å²) >= 11 is 0. The van der Waals surface area contributed by atoms with Crippen LogP contribution in [0.4, 0.5) is 13.2 Å². The normalized spacial score (nSPS) is 41.8. The Kier molecular flexibility index (Phi) is 9.10. The summed E-state index contributed by atoms with van der Waals surface area (Å²) in [5, 5.41) is 32.7. The van der Waals surface area contributed by atoms with Crippen molar-refractivity contribution in [3.05, 3.63) is 11.6 Å². The van der Waals surface area contributed by atoms with E-state index < -0.39 is 24.0 Å². The highest BCUT2D eigenvalue weighted by Gasteiger charge is 2.46. The van der Waals surface area contributed by atoms with E-state index >= 15 is 0 Å². The number of halogens is 3. The SMILES string of the molecule is CCOC(O)C1CCC(O)(C2=CCC3NC(C)NC(NC(C)C4CCCC(C(F)(F)F)C4)C3C2)CC1. The van der Waals surface area contributed by atoms with Crippen LogP contribution in [0, 0.1) is 23.7 Å². The van der Waals surface area contributed by atoms with E-state index in [1.165, 1.54) is 0 Å². The minimum absolute atomic E-state index is 0.00523. The third kappa shape index (κ3) is 6.46. The Balaban J connectivity index is 1.39. The van der Waals surface area contributed by atoms with Gasteiger partial charge in [-0.05, 0) is 90.0 Å². The van der Waals surface area contributed by atoms with Gasteiger partial charge in [0.05, 0.1) is 23.9 Å². The maximum atomic E-state index is 13.4. The molecule has 0 aromatic heterocycles. The molecule has 0 aromatic carbocycles. The number of aliphatic hydroxyl groups is 2. The smallest absolute Gasteiger partial charge is 0.386 e. The number of hydrogen-bond acceptors (Lipinski definition) is 6. The van der Waals surface area contributed by atoms with Gasteiger partial charge in [-0.2, -0.15) is 13.2 Å².